The quantitative estimate of drug-likeness (QED) is 0.546. The van der Waals surface area contributed by atoms with E-state index in [9.17, 15) is 9.59 Å². The summed E-state index contributed by atoms with van der Waals surface area (Å²) in [6.07, 6.45) is 5.64. The fourth-order valence-electron chi connectivity index (χ4n) is 3.55. The van der Waals surface area contributed by atoms with E-state index in [4.69, 9.17) is 43.4 Å². The highest BCUT2D eigenvalue weighted by Gasteiger charge is 2.41. The highest BCUT2D eigenvalue weighted by molar-refractivity contribution is 6.42. The van der Waals surface area contributed by atoms with Gasteiger partial charge in [0, 0.05) is 30.3 Å². The number of halogens is 2. The molecule has 0 saturated carbocycles. The van der Waals surface area contributed by atoms with Gasteiger partial charge in [0.05, 0.1) is 22.7 Å². The Bertz CT molecular complexity index is 763. The van der Waals surface area contributed by atoms with Gasteiger partial charge in [0.2, 0.25) is 0 Å². The molecule has 28 heavy (non-hydrogen) atoms. The van der Waals surface area contributed by atoms with Crippen molar-refractivity contribution in [2.75, 3.05) is 6.54 Å². The van der Waals surface area contributed by atoms with Crippen molar-refractivity contribution in [3.05, 3.63) is 40.4 Å². The molecule has 0 spiro atoms. The van der Waals surface area contributed by atoms with Crippen LogP contribution in [0.25, 0.3) is 0 Å². The van der Waals surface area contributed by atoms with Crippen molar-refractivity contribution in [3.63, 3.8) is 0 Å². The number of carbonyl (C=O) groups is 2. The third kappa shape index (κ3) is 6.41. The van der Waals surface area contributed by atoms with Gasteiger partial charge in [-0.25, -0.2) is 9.59 Å². The lowest BCUT2D eigenvalue weighted by Gasteiger charge is -2.37. The molecule has 7 nitrogen and oxygen atoms in total. The number of carboxylic acids is 2. The number of nitrogens with zero attached hydrogens (tertiary/aromatic N) is 2. The van der Waals surface area contributed by atoms with Crippen LogP contribution in [0, 0.1) is 11.3 Å². The molecule has 9 heteroatoms. The van der Waals surface area contributed by atoms with Gasteiger partial charge < -0.3 is 14.9 Å². The van der Waals surface area contributed by atoms with Crippen LogP contribution in [-0.2, 0) is 9.59 Å². The Kier molecular flexibility index (Phi) is 8.12. The first-order chi connectivity index (χ1) is 13.3. The number of fused-ring (bicyclic) bond motifs is 2. The van der Waals surface area contributed by atoms with E-state index in [2.05, 4.69) is 11.0 Å². The zero-order valence-corrected chi connectivity index (χ0v) is 16.4. The summed E-state index contributed by atoms with van der Waals surface area (Å²) in [5, 5.41) is 25.6. The van der Waals surface area contributed by atoms with Crippen LogP contribution in [0.15, 0.2) is 30.4 Å². The fourth-order valence-corrected chi connectivity index (χ4v) is 3.83. The number of nitriles is 1. The van der Waals surface area contributed by atoms with Crippen LogP contribution < -0.4 is 4.74 Å². The van der Waals surface area contributed by atoms with Crippen molar-refractivity contribution < 1.29 is 24.5 Å². The maximum atomic E-state index is 9.55. The van der Waals surface area contributed by atoms with Crippen LogP contribution in [0.4, 0.5) is 0 Å². The molecule has 0 aliphatic carbocycles. The van der Waals surface area contributed by atoms with E-state index >= 15 is 0 Å². The summed E-state index contributed by atoms with van der Waals surface area (Å²) in [5.74, 6) is -1.74. The van der Waals surface area contributed by atoms with Crippen molar-refractivity contribution >= 4 is 35.1 Å². The Morgan fingerprint density at radius 2 is 1.71 bits per heavy atom. The van der Waals surface area contributed by atoms with Gasteiger partial charge in [-0.1, -0.05) is 23.2 Å². The van der Waals surface area contributed by atoms with Crippen LogP contribution in [0.1, 0.15) is 25.7 Å². The van der Waals surface area contributed by atoms with Crippen LogP contribution in [-0.4, -0.2) is 51.8 Å². The maximum Gasteiger partial charge on any atom is 0.328 e. The monoisotopic (exact) mass is 426 g/mol. The van der Waals surface area contributed by atoms with Gasteiger partial charge >= 0.3 is 11.9 Å². The number of hydrogen-bond donors (Lipinski definition) is 2. The summed E-state index contributed by atoms with van der Waals surface area (Å²) in [5.41, 5.74) is 0. The van der Waals surface area contributed by atoms with Crippen LogP contribution in [0.5, 0.6) is 5.75 Å². The lowest BCUT2D eigenvalue weighted by molar-refractivity contribution is -0.134. The molecule has 3 rings (SSSR count). The number of benzene rings is 1. The third-order valence-corrected chi connectivity index (χ3v) is 5.40. The predicted molar refractivity (Wildman–Crippen MR) is 104 cm³/mol. The Labute approximate surface area is 172 Å². The summed E-state index contributed by atoms with van der Waals surface area (Å²) in [6.45, 7) is 0.537. The fraction of sp³-hybridized carbons (Fsp3) is 0.421. The molecule has 1 aromatic rings. The molecular formula is C19H20Cl2N2O5. The van der Waals surface area contributed by atoms with E-state index < -0.39 is 11.9 Å². The molecule has 2 bridgehead atoms. The number of aliphatic carboxylic acids is 2. The summed E-state index contributed by atoms with van der Waals surface area (Å²) < 4.78 is 6.05. The molecular weight excluding hydrogens is 407 g/mol. The standard InChI is InChI=1S/C15H16Cl2N2O.C4H4O4/c16-14-4-3-12(9-15(14)17)20-13-7-10-1-2-11(8-13)19(10)6-5-18;5-3(6)1-2-4(7)8/h3-4,9-11,13H,1-2,6-8H2;1-2H,(H,5,6)(H,7,8)/b;2-1+. The van der Waals surface area contributed by atoms with E-state index in [0.29, 0.717) is 40.8 Å². The summed E-state index contributed by atoms with van der Waals surface area (Å²) in [4.78, 5) is 21.4. The van der Waals surface area contributed by atoms with Gasteiger partial charge in [-0.2, -0.15) is 5.26 Å². The number of ether oxygens (including phenoxy) is 1. The molecule has 0 amide bonds. The van der Waals surface area contributed by atoms with Gasteiger partial charge in [0.1, 0.15) is 11.9 Å². The number of hydrogen-bond acceptors (Lipinski definition) is 5. The van der Waals surface area contributed by atoms with E-state index in [1.54, 1.807) is 12.1 Å². The van der Waals surface area contributed by atoms with Crippen LogP contribution in [0.3, 0.4) is 0 Å². The van der Waals surface area contributed by atoms with Gasteiger partial charge in [0.25, 0.3) is 0 Å². The number of piperidine rings is 1. The van der Waals surface area contributed by atoms with E-state index in [1.165, 1.54) is 12.8 Å². The molecule has 2 heterocycles. The Morgan fingerprint density at radius 1 is 1.14 bits per heavy atom. The van der Waals surface area contributed by atoms with E-state index in [1.807, 2.05) is 6.07 Å². The largest absolute Gasteiger partial charge is 0.490 e. The van der Waals surface area contributed by atoms with Gasteiger partial charge in [-0.05, 0) is 37.8 Å². The van der Waals surface area contributed by atoms with Crippen molar-refractivity contribution in [3.8, 4) is 11.8 Å². The molecule has 0 aromatic heterocycles. The molecule has 2 fully saturated rings. The van der Waals surface area contributed by atoms with Crippen LogP contribution in [0.2, 0.25) is 10.0 Å². The Balaban J connectivity index is 0.000000300. The molecule has 0 radical (unpaired) electrons. The van der Waals surface area contributed by atoms with Crippen molar-refractivity contribution in [1.82, 2.24) is 4.90 Å². The van der Waals surface area contributed by atoms with Crippen molar-refractivity contribution in [1.29, 1.82) is 5.26 Å². The molecule has 2 saturated heterocycles. The second kappa shape index (κ2) is 10.3. The van der Waals surface area contributed by atoms with Gasteiger partial charge in [-0.3, -0.25) is 4.90 Å². The average Bonchev–Trinajstić information content (AvgIpc) is 2.87. The second-order valence-electron chi connectivity index (χ2n) is 6.51. The third-order valence-electron chi connectivity index (χ3n) is 4.66. The minimum Gasteiger partial charge on any atom is -0.490 e. The molecule has 2 aliphatic rings. The maximum absolute atomic E-state index is 9.55. The van der Waals surface area contributed by atoms with Crippen molar-refractivity contribution in [2.45, 2.75) is 43.9 Å². The molecule has 150 valence electrons. The van der Waals surface area contributed by atoms with E-state index in [-0.39, 0.29) is 6.10 Å². The lowest BCUT2D eigenvalue weighted by atomic mass is 10.00. The normalized spacial score (nSPS) is 23.5. The predicted octanol–water partition coefficient (Wildman–Crippen LogP) is 3.60. The Morgan fingerprint density at radius 3 is 2.18 bits per heavy atom. The highest BCUT2D eigenvalue weighted by atomic mass is 35.5. The average molecular weight is 427 g/mol. The molecule has 2 N–H and O–H groups in total. The lowest BCUT2D eigenvalue weighted by Crippen LogP contribution is -2.46. The van der Waals surface area contributed by atoms with Crippen LogP contribution >= 0.6 is 23.2 Å². The minimum absolute atomic E-state index is 0.208. The highest BCUT2D eigenvalue weighted by Crippen LogP contribution is 2.37. The molecule has 2 aliphatic heterocycles. The summed E-state index contributed by atoms with van der Waals surface area (Å²) in [7, 11) is 0. The Hall–Kier alpha value is -2.27. The van der Waals surface area contributed by atoms with E-state index in [0.717, 1.165) is 18.6 Å². The number of rotatable bonds is 5. The summed E-state index contributed by atoms with van der Waals surface area (Å²) in [6, 6.07) is 8.64. The topological polar surface area (TPSA) is 111 Å². The zero-order chi connectivity index (χ0) is 20.7. The minimum atomic E-state index is -1.26. The number of carboxylic acid groups (broad SMARTS) is 2. The second-order valence-corrected chi connectivity index (χ2v) is 7.33. The SMILES string of the molecule is N#CCN1C2CCC1CC(Oc1ccc(Cl)c(Cl)c1)C2.O=C(O)/C=C/C(=O)O. The van der Waals surface area contributed by atoms with Gasteiger partial charge in [0.15, 0.2) is 0 Å². The zero-order valence-electron chi connectivity index (χ0n) is 14.9. The molecule has 2 unspecified atom stereocenters. The first-order valence-electron chi connectivity index (χ1n) is 8.68. The first-order valence-corrected chi connectivity index (χ1v) is 9.44. The summed E-state index contributed by atoms with van der Waals surface area (Å²) >= 11 is 11.9. The van der Waals surface area contributed by atoms with Gasteiger partial charge in [-0.15, -0.1) is 0 Å². The molecule has 2 atom stereocenters. The molecule has 1 aromatic carbocycles. The first kappa shape index (κ1) is 22.0. The smallest absolute Gasteiger partial charge is 0.328 e. The van der Waals surface area contributed by atoms with Crippen molar-refractivity contribution in [2.24, 2.45) is 0 Å².